The number of halogens is 4. The number of benzene rings is 4. The fraction of sp³-hybridized carbons (Fsp3) is 0.333. The van der Waals surface area contributed by atoms with Gasteiger partial charge in [-0.15, -0.1) is 0 Å². The molecule has 2 saturated carbocycles. The first-order chi connectivity index (χ1) is 28.7. The number of anilines is 2. The van der Waals surface area contributed by atoms with Crippen LogP contribution in [0.3, 0.4) is 0 Å². The maximum Gasteiger partial charge on any atom is 0.227 e. The number of hydrogen-bond donors (Lipinski definition) is 4. The molecule has 8 rings (SSSR count). The summed E-state index contributed by atoms with van der Waals surface area (Å²) >= 11 is 11.8. The molecule has 12 heteroatoms. The number of amides is 2. The second kappa shape index (κ2) is 18.3. The van der Waals surface area contributed by atoms with Gasteiger partial charge in [-0.2, -0.15) is 0 Å². The normalized spacial score (nSPS) is 22.6. The Kier molecular flexibility index (Phi) is 13.2. The number of hydrogen-bond acceptors (Lipinski definition) is 6. The third-order valence-electron chi connectivity index (χ3n) is 12.6. The third kappa shape index (κ3) is 9.79. The minimum Gasteiger partial charge on any atom is -0.385 e. The number of carbonyl (C=O) groups excluding carboxylic acids is 2. The fourth-order valence-corrected chi connectivity index (χ4v) is 9.08. The lowest BCUT2D eigenvalue weighted by atomic mass is 9.71. The molecule has 2 amide bonds. The van der Waals surface area contributed by atoms with E-state index < -0.39 is 11.2 Å². The van der Waals surface area contributed by atoms with Gasteiger partial charge >= 0.3 is 0 Å². The Labute approximate surface area is 358 Å². The molecule has 312 valence electrons. The summed E-state index contributed by atoms with van der Waals surface area (Å²) in [7, 11) is 0. The molecule has 2 heterocycles. The number of nitrogens with one attached hydrogen (secondary N) is 2. The molecule has 4 N–H and O–H groups in total. The second-order valence-electron chi connectivity index (χ2n) is 16.3. The van der Waals surface area contributed by atoms with Crippen LogP contribution in [-0.2, 0) is 20.8 Å². The van der Waals surface area contributed by atoms with Crippen LogP contribution in [0.15, 0.2) is 109 Å². The summed E-state index contributed by atoms with van der Waals surface area (Å²) in [6.07, 6.45) is 8.24. The lowest BCUT2D eigenvalue weighted by Gasteiger charge is -2.38. The summed E-state index contributed by atoms with van der Waals surface area (Å²) in [5.41, 5.74) is 2.10. The van der Waals surface area contributed by atoms with Crippen molar-refractivity contribution in [3.05, 3.63) is 142 Å². The van der Waals surface area contributed by atoms with Crippen molar-refractivity contribution in [2.24, 2.45) is 23.7 Å². The van der Waals surface area contributed by atoms with Crippen LogP contribution in [0.25, 0.3) is 21.8 Å². The van der Waals surface area contributed by atoms with E-state index >= 15 is 0 Å². The van der Waals surface area contributed by atoms with Gasteiger partial charge in [0.15, 0.2) is 0 Å². The van der Waals surface area contributed by atoms with Crippen molar-refractivity contribution in [1.29, 1.82) is 0 Å². The first-order valence-corrected chi connectivity index (χ1v) is 21.1. The van der Waals surface area contributed by atoms with E-state index in [0.29, 0.717) is 106 Å². The van der Waals surface area contributed by atoms with Gasteiger partial charge in [-0.05, 0) is 171 Å². The van der Waals surface area contributed by atoms with Gasteiger partial charge in [-0.25, -0.2) is 8.78 Å². The van der Waals surface area contributed by atoms with E-state index in [1.165, 1.54) is 24.3 Å². The molecular weight excluding hydrogens is 805 g/mol. The highest BCUT2D eigenvalue weighted by molar-refractivity contribution is 6.31. The van der Waals surface area contributed by atoms with E-state index in [9.17, 15) is 28.6 Å². The van der Waals surface area contributed by atoms with Crippen molar-refractivity contribution in [2.75, 3.05) is 10.6 Å². The predicted molar refractivity (Wildman–Crippen MR) is 234 cm³/mol. The van der Waals surface area contributed by atoms with Crippen LogP contribution in [0.1, 0.15) is 76.3 Å². The van der Waals surface area contributed by atoms with E-state index in [1.54, 1.807) is 85.2 Å². The molecule has 6 aromatic rings. The van der Waals surface area contributed by atoms with Gasteiger partial charge in [0.2, 0.25) is 11.8 Å². The number of nitrogens with zero attached hydrogens (tertiary/aromatic N) is 2. The van der Waals surface area contributed by atoms with Crippen LogP contribution in [0, 0.1) is 35.3 Å². The number of aliphatic hydroxyl groups is 2. The van der Waals surface area contributed by atoms with Crippen LogP contribution >= 0.6 is 23.2 Å². The quantitative estimate of drug-likeness (QED) is 0.121. The average molecular weight is 854 g/mol. The maximum atomic E-state index is 13.8. The second-order valence-corrected chi connectivity index (χ2v) is 17.2. The lowest BCUT2D eigenvalue weighted by Crippen LogP contribution is -2.36. The van der Waals surface area contributed by atoms with Crippen molar-refractivity contribution in [3.63, 3.8) is 0 Å². The van der Waals surface area contributed by atoms with Gasteiger partial charge in [0.05, 0.1) is 22.2 Å². The van der Waals surface area contributed by atoms with Crippen LogP contribution in [0.2, 0.25) is 10.0 Å². The minimum absolute atomic E-state index is 0.0378. The molecule has 2 atom stereocenters. The Bertz CT molecular complexity index is 2300. The van der Waals surface area contributed by atoms with Crippen LogP contribution in [0.4, 0.5) is 20.2 Å². The molecule has 8 nitrogen and oxygen atoms in total. The Balaban J connectivity index is 0.000000181. The van der Waals surface area contributed by atoms with Crippen molar-refractivity contribution in [1.82, 2.24) is 9.97 Å². The molecule has 0 aliphatic heterocycles. The number of fused-ring (bicyclic) bond motifs is 2. The Morgan fingerprint density at radius 1 is 0.600 bits per heavy atom. The van der Waals surface area contributed by atoms with Crippen LogP contribution in [0.5, 0.6) is 0 Å². The van der Waals surface area contributed by atoms with Gasteiger partial charge in [0.25, 0.3) is 0 Å². The van der Waals surface area contributed by atoms with Gasteiger partial charge < -0.3 is 20.8 Å². The number of rotatable bonds is 8. The van der Waals surface area contributed by atoms with Crippen LogP contribution in [-0.4, -0.2) is 32.0 Å². The molecule has 2 aliphatic carbocycles. The Morgan fingerprint density at radius 2 is 0.950 bits per heavy atom. The summed E-state index contributed by atoms with van der Waals surface area (Å²) in [5, 5.41) is 31.1. The van der Waals surface area contributed by atoms with Gasteiger partial charge in [0, 0.05) is 56.4 Å². The third-order valence-corrected chi connectivity index (χ3v) is 13.1. The van der Waals surface area contributed by atoms with Gasteiger partial charge in [-0.1, -0.05) is 37.0 Å². The Morgan fingerprint density at radius 3 is 1.30 bits per heavy atom. The van der Waals surface area contributed by atoms with E-state index in [2.05, 4.69) is 20.6 Å². The zero-order chi connectivity index (χ0) is 42.6. The molecule has 4 aromatic carbocycles. The maximum absolute atomic E-state index is 13.8. The molecule has 2 aromatic heterocycles. The summed E-state index contributed by atoms with van der Waals surface area (Å²) < 4.78 is 27.6. The number of carbonyl (C=O) groups is 2. The first-order valence-electron chi connectivity index (χ1n) is 20.4. The molecule has 0 saturated heterocycles. The molecule has 0 unspecified atom stereocenters. The molecule has 2 fully saturated rings. The topological polar surface area (TPSA) is 124 Å². The molecular formula is C48H48Cl2F2N4O4. The zero-order valence-corrected chi connectivity index (χ0v) is 35.0. The number of aromatic nitrogens is 2. The van der Waals surface area contributed by atoms with E-state index in [4.69, 9.17) is 23.2 Å². The minimum atomic E-state index is -1.04. The zero-order valence-electron chi connectivity index (χ0n) is 33.5. The monoisotopic (exact) mass is 852 g/mol. The Hall–Kier alpha value is -5.00. The van der Waals surface area contributed by atoms with Crippen molar-refractivity contribution in [3.8, 4) is 0 Å². The highest BCUT2D eigenvalue weighted by Crippen LogP contribution is 2.45. The van der Waals surface area contributed by atoms with Crippen LogP contribution < -0.4 is 10.6 Å². The van der Waals surface area contributed by atoms with Crippen molar-refractivity contribution in [2.45, 2.75) is 76.4 Å². The van der Waals surface area contributed by atoms with E-state index in [1.807, 2.05) is 13.8 Å². The molecule has 0 radical (unpaired) electrons. The summed E-state index contributed by atoms with van der Waals surface area (Å²) in [4.78, 5) is 33.9. The fourth-order valence-electron chi connectivity index (χ4n) is 8.83. The summed E-state index contributed by atoms with van der Waals surface area (Å²) in [5.74, 6) is -0.796. The van der Waals surface area contributed by atoms with E-state index in [-0.39, 0.29) is 47.1 Å². The standard InChI is InChI=1S/2C24H24ClFN2O2/c2*1-15(23(29)28-19-5-2-17(25)3-6-19)16-8-11-24(30,12-9-16)21-10-13-27-22-7-4-18(26)14-20(21)22/h2*2-7,10,13-16,30H,8-9,11-12H2,1H3,(H,28,29)/t2*15-,16?,24?/m10/s1. The van der Waals surface area contributed by atoms with Crippen molar-refractivity contribution >= 4 is 68.2 Å². The lowest BCUT2D eigenvalue weighted by molar-refractivity contribution is -0.123. The van der Waals surface area contributed by atoms with Gasteiger partial charge in [0.1, 0.15) is 11.6 Å². The molecule has 0 spiro atoms. The van der Waals surface area contributed by atoms with Crippen molar-refractivity contribution < 1.29 is 28.6 Å². The molecule has 60 heavy (non-hydrogen) atoms. The molecule has 2 aliphatic rings. The van der Waals surface area contributed by atoms with Gasteiger partial charge in [-0.3, -0.25) is 19.6 Å². The SMILES string of the molecule is C[C@@H](C(=O)Nc1ccc(Cl)cc1)C1CCC(O)(c2ccnc3ccc(F)cc23)CC1.C[C@H](C(=O)Nc1ccc(Cl)cc1)C1CCC(O)(c2ccnc3ccc(F)cc23)CC1. The average Bonchev–Trinajstić information content (AvgIpc) is 3.25. The predicted octanol–water partition coefficient (Wildman–Crippen LogP) is 11.4. The highest BCUT2D eigenvalue weighted by atomic mass is 35.5. The van der Waals surface area contributed by atoms with E-state index in [0.717, 1.165) is 0 Å². The summed E-state index contributed by atoms with van der Waals surface area (Å²) in [6, 6.07) is 26.5. The highest BCUT2D eigenvalue weighted by Gasteiger charge is 2.40. The first kappa shape index (κ1) is 43.1. The number of pyridine rings is 2. The molecule has 0 bridgehead atoms. The largest absolute Gasteiger partial charge is 0.385 e. The summed E-state index contributed by atoms with van der Waals surface area (Å²) in [6.45, 7) is 3.86. The smallest absolute Gasteiger partial charge is 0.227 e.